The fourth-order valence-electron chi connectivity index (χ4n) is 0.946. The first kappa shape index (κ1) is 13.4. The van der Waals surface area contributed by atoms with Gasteiger partial charge in [-0.1, -0.05) is 12.2 Å². The molecule has 5 heteroatoms. The molecule has 4 nitrogen and oxygen atoms in total. The van der Waals surface area contributed by atoms with E-state index in [0.717, 1.165) is 0 Å². The first-order valence-electron chi connectivity index (χ1n) is 4.41. The predicted octanol–water partition coefficient (Wildman–Crippen LogP) is 0.337. The Balaban J connectivity index is 4.78. The van der Waals surface area contributed by atoms with E-state index in [1.165, 1.54) is 4.31 Å². The van der Waals surface area contributed by atoms with E-state index < -0.39 is 15.3 Å². The summed E-state index contributed by atoms with van der Waals surface area (Å²) in [5.41, 5.74) is 5.33. The maximum atomic E-state index is 11.8. The van der Waals surface area contributed by atoms with Crippen LogP contribution in [0.15, 0.2) is 25.3 Å². The molecule has 0 rings (SSSR count). The van der Waals surface area contributed by atoms with Gasteiger partial charge in [-0.25, -0.2) is 8.42 Å². The highest BCUT2D eigenvalue weighted by molar-refractivity contribution is 7.89. The van der Waals surface area contributed by atoms with Crippen molar-refractivity contribution in [3.8, 4) is 0 Å². The van der Waals surface area contributed by atoms with Crippen LogP contribution in [0.5, 0.6) is 0 Å². The van der Waals surface area contributed by atoms with Gasteiger partial charge in [0.2, 0.25) is 10.0 Å². The smallest absolute Gasteiger partial charge is 0.218 e. The highest BCUT2D eigenvalue weighted by Crippen LogP contribution is 2.07. The molecular formula is C9H18N2O2S. The number of nitrogens with two attached hydrogens (primary N) is 1. The Morgan fingerprint density at radius 1 is 1.36 bits per heavy atom. The molecule has 0 aliphatic rings. The molecular weight excluding hydrogens is 200 g/mol. The number of rotatable bonds is 7. The third-order valence-corrected chi connectivity index (χ3v) is 4.09. The molecule has 1 unspecified atom stereocenters. The summed E-state index contributed by atoms with van der Waals surface area (Å²) in [4.78, 5) is 0. The molecule has 0 bridgehead atoms. The maximum Gasteiger partial charge on any atom is 0.218 e. The lowest BCUT2D eigenvalue weighted by molar-refractivity contribution is 0.465. The van der Waals surface area contributed by atoms with E-state index in [9.17, 15) is 8.42 Å². The van der Waals surface area contributed by atoms with Crippen molar-refractivity contribution in [2.24, 2.45) is 5.73 Å². The lowest BCUT2D eigenvalue weighted by atomic mass is 10.5. The van der Waals surface area contributed by atoms with Gasteiger partial charge in [-0.05, 0) is 6.92 Å². The number of hydrogen-bond donors (Lipinski definition) is 1. The Hall–Kier alpha value is -0.650. The molecule has 0 heterocycles. The minimum atomic E-state index is -3.31. The topological polar surface area (TPSA) is 63.4 Å². The fourth-order valence-corrected chi connectivity index (χ4v) is 2.32. The minimum Gasteiger partial charge on any atom is -0.329 e. The van der Waals surface area contributed by atoms with Gasteiger partial charge in [-0.3, -0.25) is 0 Å². The molecule has 14 heavy (non-hydrogen) atoms. The molecule has 0 aliphatic heterocycles. The van der Waals surface area contributed by atoms with Gasteiger partial charge < -0.3 is 5.73 Å². The zero-order chi connectivity index (χ0) is 11.2. The van der Waals surface area contributed by atoms with Crippen LogP contribution < -0.4 is 5.73 Å². The van der Waals surface area contributed by atoms with E-state index in [1.807, 2.05) is 0 Å². The van der Waals surface area contributed by atoms with E-state index >= 15 is 0 Å². The van der Waals surface area contributed by atoms with Crippen LogP contribution in [0.4, 0.5) is 0 Å². The number of nitrogens with zero attached hydrogens (tertiary/aromatic N) is 1. The molecule has 0 aromatic heterocycles. The Kier molecular flexibility index (Phi) is 5.68. The SMILES string of the molecule is C=CCN(CC=C)S(=O)(=O)C(C)CN. The van der Waals surface area contributed by atoms with Gasteiger partial charge in [-0.15, -0.1) is 13.2 Å². The van der Waals surface area contributed by atoms with Crippen LogP contribution in [0.25, 0.3) is 0 Å². The van der Waals surface area contributed by atoms with Gasteiger partial charge in [0.1, 0.15) is 0 Å². The Morgan fingerprint density at radius 3 is 2.07 bits per heavy atom. The largest absolute Gasteiger partial charge is 0.329 e. The summed E-state index contributed by atoms with van der Waals surface area (Å²) in [5, 5.41) is -0.567. The van der Waals surface area contributed by atoms with Crippen LogP contribution in [-0.4, -0.2) is 37.6 Å². The molecule has 0 aliphatic carbocycles. The summed E-state index contributed by atoms with van der Waals surface area (Å²) < 4.78 is 24.9. The normalized spacial score (nSPS) is 13.9. The van der Waals surface area contributed by atoms with Crippen LogP contribution in [-0.2, 0) is 10.0 Å². The van der Waals surface area contributed by atoms with Crippen LogP contribution >= 0.6 is 0 Å². The average Bonchev–Trinajstić information content (AvgIpc) is 2.16. The Labute approximate surface area is 86.1 Å². The highest BCUT2D eigenvalue weighted by Gasteiger charge is 2.25. The first-order chi connectivity index (χ1) is 6.50. The van der Waals surface area contributed by atoms with Crippen molar-refractivity contribution in [3.05, 3.63) is 25.3 Å². The predicted molar refractivity (Wildman–Crippen MR) is 59.4 cm³/mol. The summed E-state index contributed by atoms with van der Waals surface area (Å²) in [7, 11) is -3.31. The molecule has 0 aromatic rings. The number of sulfonamides is 1. The fraction of sp³-hybridized carbons (Fsp3) is 0.556. The molecule has 0 amide bonds. The van der Waals surface area contributed by atoms with E-state index in [2.05, 4.69) is 13.2 Å². The monoisotopic (exact) mass is 218 g/mol. The molecule has 0 aromatic carbocycles. The Bertz CT molecular complexity index is 275. The minimum absolute atomic E-state index is 0.118. The van der Waals surface area contributed by atoms with Crippen LogP contribution in [0.1, 0.15) is 6.92 Å². The first-order valence-corrected chi connectivity index (χ1v) is 5.91. The Morgan fingerprint density at radius 2 is 1.79 bits per heavy atom. The van der Waals surface area contributed by atoms with E-state index in [-0.39, 0.29) is 6.54 Å². The van der Waals surface area contributed by atoms with Crippen molar-refractivity contribution in [1.29, 1.82) is 0 Å². The van der Waals surface area contributed by atoms with E-state index in [0.29, 0.717) is 13.1 Å². The molecule has 1 atom stereocenters. The quantitative estimate of drug-likeness (QED) is 0.627. The molecule has 82 valence electrons. The highest BCUT2D eigenvalue weighted by atomic mass is 32.2. The van der Waals surface area contributed by atoms with Crippen molar-refractivity contribution in [1.82, 2.24) is 4.31 Å². The van der Waals surface area contributed by atoms with Gasteiger partial charge in [-0.2, -0.15) is 4.31 Å². The van der Waals surface area contributed by atoms with Crippen molar-refractivity contribution < 1.29 is 8.42 Å². The zero-order valence-electron chi connectivity index (χ0n) is 8.52. The van der Waals surface area contributed by atoms with E-state index in [4.69, 9.17) is 5.73 Å². The van der Waals surface area contributed by atoms with Crippen molar-refractivity contribution >= 4 is 10.0 Å². The lowest BCUT2D eigenvalue weighted by Crippen LogP contribution is -2.40. The molecule has 0 saturated carbocycles. The van der Waals surface area contributed by atoms with Crippen molar-refractivity contribution in [2.45, 2.75) is 12.2 Å². The van der Waals surface area contributed by atoms with Crippen LogP contribution in [0.2, 0.25) is 0 Å². The van der Waals surface area contributed by atoms with Gasteiger partial charge in [0.15, 0.2) is 0 Å². The summed E-state index contributed by atoms with van der Waals surface area (Å²) in [5.74, 6) is 0. The molecule has 0 fully saturated rings. The second kappa shape index (κ2) is 5.95. The van der Waals surface area contributed by atoms with Crippen molar-refractivity contribution in [3.63, 3.8) is 0 Å². The zero-order valence-corrected chi connectivity index (χ0v) is 9.33. The lowest BCUT2D eigenvalue weighted by Gasteiger charge is -2.22. The summed E-state index contributed by atoms with van der Waals surface area (Å²) >= 11 is 0. The maximum absolute atomic E-state index is 11.8. The molecule has 0 spiro atoms. The number of hydrogen-bond acceptors (Lipinski definition) is 3. The molecule has 2 N–H and O–H groups in total. The third-order valence-electron chi connectivity index (χ3n) is 1.87. The molecule has 0 radical (unpaired) electrons. The average molecular weight is 218 g/mol. The standard InChI is InChI=1S/C9H18N2O2S/c1-4-6-11(7-5-2)14(12,13)9(3)8-10/h4-5,9H,1-2,6-8,10H2,3H3. The van der Waals surface area contributed by atoms with Gasteiger partial charge in [0.25, 0.3) is 0 Å². The van der Waals surface area contributed by atoms with Gasteiger partial charge >= 0.3 is 0 Å². The van der Waals surface area contributed by atoms with Crippen LogP contribution in [0.3, 0.4) is 0 Å². The summed E-state index contributed by atoms with van der Waals surface area (Å²) in [6, 6.07) is 0. The molecule has 0 saturated heterocycles. The third kappa shape index (κ3) is 3.25. The van der Waals surface area contributed by atoms with Crippen molar-refractivity contribution in [2.75, 3.05) is 19.6 Å². The van der Waals surface area contributed by atoms with Gasteiger partial charge in [0, 0.05) is 19.6 Å². The second-order valence-electron chi connectivity index (χ2n) is 2.99. The summed E-state index contributed by atoms with van der Waals surface area (Å²) in [6.45, 7) is 9.31. The van der Waals surface area contributed by atoms with Gasteiger partial charge in [0.05, 0.1) is 5.25 Å². The summed E-state index contributed by atoms with van der Waals surface area (Å²) in [6.07, 6.45) is 3.09. The second-order valence-corrected chi connectivity index (χ2v) is 5.34. The van der Waals surface area contributed by atoms with Crippen LogP contribution in [0, 0.1) is 0 Å². The van der Waals surface area contributed by atoms with E-state index in [1.54, 1.807) is 19.1 Å².